The summed E-state index contributed by atoms with van der Waals surface area (Å²) in [6.07, 6.45) is -1.18. The third kappa shape index (κ3) is 7.52. The fraction of sp³-hybridized carbons (Fsp3) is 0.323. The molecule has 222 valence electrons. The number of aliphatic hydroxyl groups is 1. The van der Waals surface area contributed by atoms with E-state index in [1.807, 2.05) is 44.2 Å². The lowest BCUT2D eigenvalue weighted by atomic mass is 10.0. The van der Waals surface area contributed by atoms with Gasteiger partial charge in [-0.1, -0.05) is 72.2 Å². The maximum Gasteiger partial charge on any atom is 0.261 e. The van der Waals surface area contributed by atoms with Gasteiger partial charge in [-0.15, -0.1) is 0 Å². The van der Waals surface area contributed by atoms with Crippen LogP contribution in [0.3, 0.4) is 0 Å². The Morgan fingerprint density at radius 3 is 2.05 bits per heavy atom. The van der Waals surface area contributed by atoms with E-state index in [1.165, 1.54) is 16.4 Å². The molecule has 1 heterocycles. The van der Waals surface area contributed by atoms with Crippen molar-refractivity contribution in [2.24, 2.45) is 5.92 Å². The molecule has 0 saturated heterocycles. The van der Waals surface area contributed by atoms with Crippen LogP contribution in [-0.2, 0) is 21.2 Å². The van der Waals surface area contributed by atoms with E-state index in [9.17, 15) is 27.9 Å². The third-order valence-corrected chi connectivity index (χ3v) is 9.34. The Morgan fingerprint density at radius 1 is 0.905 bits per heavy atom. The van der Waals surface area contributed by atoms with Crippen LogP contribution in [0.5, 0.6) is 0 Å². The highest BCUT2D eigenvalue weighted by atomic mass is 79.9. The standard InChI is InChI=1S/C31H34BrN3O6S/c1-21(2)19-34(42(40,41)24-14-12-23(32)13-15-24)20-28(36)27(18-22-8-4-3-5-9-22)33-29(37)16-17-35-30(38)25-10-6-7-11-26(25)31(35)39/h3-15,21,27-28,36H,16-20H2,1-2H3,(H,33,37)/t27-,28+/m0/s1. The number of carbonyl (C=O) groups is 3. The molecule has 0 saturated carbocycles. The lowest BCUT2D eigenvalue weighted by molar-refractivity contribution is -0.122. The van der Waals surface area contributed by atoms with Crippen LogP contribution in [0, 0.1) is 5.92 Å². The van der Waals surface area contributed by atoms with E-state index in [-0.39, 0.29) is 43.3 Å². The topological polar surface area (TPSA) is 124 Å². The first-order valence-electron chi connectivity index (χ1n) is 13.7. The average Bonchev–Trinajstić information content (AvgIpc) is 3.20. The zero-order valence-corrected chi connectivity index (χ0v) is 25.8. The minimum Gasteiger partial charge on any atom is -0.390 e. The molecule has 0 fully saturated rings. The fourth-order valence-corrected chi connectivity index (χ4v) is 6.74. The number of hydrogen-bond donors (Lipinski definition) is 2. The van der Waals surface area contributed by atoms with E-state index in [0.717, 1.165) is 14.9 Å². The second-order valence-corrected chi connectivity index (χ2v) is 13.5. The average molecular weight is 657 g/mol. The lowest BCUT2D eigenvalue weighted by Gasteiger charge is -2.31. The molecule has 2 N–H and O–H groups in total. The predicted octanol–water partition coefficient (Wildman–Crippen LogP) is 3.87. The van der Waals surface area contributed by atoms with Crippen LogP contribution < -0.4 is 5.32 Å². The van der Waals surface area contributed by atoms with Crippen molar-refractivity contribution in [3.63, 3.8) is 0 Å². The predicted molar refractivity (Wildman–Crippen MR) is 162 cm³/mol. The van der Waals surface area contributed by atoms with Crippen molar-refractivity contribution in [3.05, 3.63) is 100 Å². The molecule has 0 aromatic heterocycles. The van der Waals surface area contributed by atoms with E-state index >= 15 is 0 Å². The second-order valence-electron chi connectivity index (χ2n) is 10.7. The number of imide groups is 1. The third-order valence-electron chi connectivity index (χ3n) is 6.96. The van der Waals surface area contributed by atoms with Gasteiger partial charge in [-0.2, -0.15) is 4.31 Å². The Morgan fingerprint density at radius 2 is 1.48 bits per heavy atom. The first kappa shape index (κ1) is 31.6. The van der Waals surface area contributed by atoms with Crippen molar-refractivity contribution in [2.45, 2.75) is 43.7 Å². The molecule has 0 spiro atoms. The highest BCUT2D eigenvalue weighted by molar-refractivity contribution is 9.10. The number of nitrogens with one attached hydrogen (secondary N) is 1. The summed E-state index contributed by atoms with van der Waals surface area (Å²) in [4.78, 5) is 39.6. The number of aliphatic hydroxyl groups excluding tert-OH is 1. The largest absolute Gasteiger partial charge is 0.390 e. The number of sulfonamides is 1. The molecule has 1 aliphatic heterocycles. The minimum absolute atomic E-state index is 0.0238. The summed E-state index contributed by atoms with van der Waals surface area (Å²) in [6.45, 7) is 3.58. The van der Waals surface area contributed by atoms with Crippen LogP contribution in [0.1, 0.15) is 46.5 Å². The quantitative estimate of drug-likeness (QED) is 0.270. The van der Waals surface area contributed by atoms with Crippen molar-refractivity contribution < 1.29 is 27.9 Å². The van der Waals surface area contributed by atoms with Crippen LogP contribution >= 0.6 is 15.9 Å². The van der Waals surface area contributed by atoms with Crippen LogP contribution in [-0.4, -0.2) is 72.2 Å². The summed E-state index contributed by atoms with van der Waals surface area (Å²) < 4.78 is 29.1. The van der Waals surface area contributed by atoms with Crippen LogP contribution in [0.4, 0.5) is 0 Å². The molecular formula is C31H34BrN3O6S. The summed E-state index contributed by atoms with van der Waals surface area (Å²) in [6, 6.07) is 21.2. The molecule has 3 aromatic carbocycles. The minimum atomic E-state index is -3.94. The van der Waals surface area contributed by atoms with Gasteiger partial charge in [0.1, 0.15) is 0 Å². The molecular weight excluding hydrogens is 622 g/mol. The molecule has 0 unspecified atom stereocenters. The van der Waals surface area contributed by atoms with Gasteiger partial charge in [0.05, 0.1) is 28.2 Å². The summed E-state index contributed by atoms with van der Waals surface area (Å²) in [7, 11) is -3.94. The van der Waals surface area contributed by atoms with E-state index in [4.69, 9.17) is 0 Å². The summed E-state index contributed by atoms with van der Waals surface area (Å²) in [5, 5.41) is 14.2. The molecule has 3 aromatic rings. The fourth-order valence-electron chi connectivity index (χ4n) is 4.86. The number of fused-ring (bicyclic) bond motifs is 1. The molecule has 0 aliphatic carbocycles. The number of benzene rings is 3. The molecule has 0 radical (unpaired) electrons. The van der Waals surface area contributed by atoms with Crippen molar-refractivity contribution in [1.29, 1.82) is 0 Å². The Hall–Kier alpha value is -3.38. The SMILES string of the molecule is CC(C)CN(C[C@@H](O)[C@H](Cc1ccccc1)NC(=O)CCN1C(=O)c2ccccc2C1=O)S(=O)(=O)c1ccc(Br)cc1. The Balaban J connectivity index is 1.50. The number of rotatable bonds is 13. The number of halogens is 1. The highest BCUT2D eigenvalue weighted by Gasteiger charge is 2.36. The van der Waals surface area contributed by atoms with Gasteiger partial charge in [-0.25, -0.2) is 8.42 Å². The van der Waals surface area contributed by atoms with Crippen molar-refractivity contribution in [1.82, 2.24) is 14.5 Å². The summed E-state index contributed by atoms with van der Waals surface area (Å²) >= 11 is 3.32. The zero-order chi connectivity index (χ0) is 30.4. The maximum absolute atomic E-state index is 13.6. The molecule has 3 amide bonds. The van der Waals surface area contributed by atoms with E-state index < -0.39 is 39.9 Å². The van der Waals surface area contributed by atoms with Gasteiger partial charge in [0, 0.05) is 30.5 Å². The molecule has 1 aliphatic rings. The smallest absolute Gasteiger partial charge is 0.261 e. The molecule has 4 rings (SSSR count). The van der Waals surface area contributed by atoms with Crippen LogP contribution in [0.15, 0.2) is 88.2 Å². The first-order chi connectivity index (χ1) is 20.0. The van der Waals surface area contributed by atoms with Gasteiger partial charge in [0.2, 0.25) is 15.9 Å². The molecule has 11 heteroatoms. The molecule has 42 heavy (non-hydrogen) atoms. The first-order valence-corrected chi connectivity index (χ1v) is 15.9. The van der Waals surface area contributed by atoms with Gasteiger partial charge in [-0.3, -0.25) is 19.3 Å². The van der Waals surface area contributed by atoms with Crippen molar-refractivity contribution in [3.8, 4) is 0 Å². The number of hydrogen-bond acceptors (Lipinski definition) is 6. The number of nitrogens with zero attached hydrogens (tertiary/aromatic N) is 2. The van der Waals surface area contributed by atoms with Gasteiger partial charge >= 0.3 is 0 Å². The molecule has 0 bridgehead atoms. The van der Waals surface area contributed by atoms with E-state index in [0.29, 0.717) is 11.1 Å². The van der Waals surface area contributed by atoms with Crippen molar-refractivity contribution >= 4 is 43.7 Å². The van der Waals surface area contributed by atoms with Gasteiger partial charge in [-0.05, 0) is 54.3 Å². The van der Waals surface area contributed by atoms with E-state index in [1.54, 1.807) is 36.4 Å². The normalized spacial score (nSPS) is 14.8. The maximum atomic E-state index is 13.6. The van der Waals surface area contributed by atoms with Gasteiger partial charge < -0.3 is 10.4 Å². The molecule has 2 atom stereocenters. The van der Waals surface area contributed by atoms with Crippen LogP contribution in [0.2, 0.25) is 0 Å². The number of amides is 3. The molecule has 9 nitrogen and oxygen atoms in total. The van der Waals surface area contributed by atoms with Gasteiger partial charge in [0.15, 0.2) is 0 Å². The Kier molecular flexibility index (Phi) is 10.3. The summed E-state index contributed by atoms with van der Waals surface area (Å²) in [5.74, 6) is -1.40. The highest BCUT2D eigenvalue weighted by Crippen LogP contribution is 2.23. The summed E-state index contributed by atoms with van der Waals surface area (Å²) in [5.41, 5.74) is 1.45. The Bertz CT molecular complexity index is 1490. The lowest BCUT2D eigenvalue weighted by Crippen LogP contribution is -2.51. The van der Waals surface area contributed by atoms with Crippen LogP contribution in [0.25, 0.3) is 0 Å². The zero-order valence-electron chi connectivity index (χ0n) is 23.4. The van der Waals surface area contributed by atoms with E-state index in [2.05, 4.69) is 21.2 Å². The van der Waals surface area contributed by atoms with Crippen molar-refractivity contribution in [2.75, 3.05) is 19.6 Å². The number of carbonyl (C=O) groups excluding carboxylic acids is 3. The Labute approximate surface area is 254 Å². The monoisotopic (exact) mass is 655 g/mol. The van der Waals surface area contributed by atoms with Gasteiger partial charge in [0.25, 0.3) is 11.8 Å². The second kappa shape index (κ2) is 13.7.